The van der Waals surface area contributed by atoms with Gasteiger partial charge in [-0.3, -0.25) is 14.9 Å². The molecule has 2 amide bonds. The normalized spacial score (nSPS) is 8.43. The van der Waals surface area contributed by atoms with E-state index in [1.807, 2.05) is 5.32 Å². The Bertz CT molecular complexity index is 294. The molecule has 3 N–H and O–H groups in total. The summed E-state index contributed by atoms with van der Waals surface area (Å²) in [7, 11) is 0. The minimum absolute atomic E-state index is 0.123. The summed E-state index contributed by atoms with van der Waals surface area (Å²) in [6, 6.07) is 0. The second-order valence-corrected chi connectivity index (χ2v) is 2.32. The van der Waals surface area contributed by atoms with E-state index >= 15 is 0 Å². The molecule has 0 saturated heterocycles. The first-order valence-electron chi connectivity index (χ1n) is 3.76. The molecule has 0 rings (SSSR count). The zero-order chi connectivity index (χ0) is 11.0. The van der Waals surface area contributed by atoms with Crippen molar-refractivity contribution in [3.05, 3.63) is 30.0 Å². The van der Waals surface area contributed by atoms with Crippen LogP contribution in [0.2, 0.25) is 0 Å². The van der Waals surface area contributed by atoms with Crippen molar-refractivity contribution in [2.75, 3.05) is 13.2 Å². The fourth-order valence-electron chi connectivity index (χ4n) is 0.613. The number of imide groups is 1. The van der Waals surface area contributed by atoms with Gasteiger partial charge in [-0.1, -0.05) is 6.58 Å². The molecule has 0 aliphatic heterocycles. The first-order valence-corrected chi connectivity index (χ1v) is 3.76. The molecular formula is C9H11NO4. The molecule has 0 aliphatic rings. The van der Waals surface area contributed by atoms with Gasteiger partial charge in [0.1, 0.15) is 0 Å². The Morgan fingerprint density at radius 2 is 1.86 bits per heavy atom. The fraction of sp³-hybridized carbons (Fsp3) is 0.222. The van der Waals surface area contributed by atoms with E-state index in [0.29, 0.717) is 0 Å². The first kappa shape index (κ1) is 12.3. The Morgan fingerprint density at radius 1 is 1.29 bits per heavy atom. The minimum atomic E-state index is -0.709. The molecule has 0 bridgehead atoms. The summed E-state index contributed by atoms with van der Waals surface area (Å²) >= 11 is 0. The third kappa shape index (κ3) is 5.05. The van der Waals surface area contributed by atoms with Crippen molar-refractivity contribution < 1.29 is 19.8 Å². The number of rotatable bonds is 4. The third-order valence-electron chi connectivity index (χ3n) is 1.22. The zero-order valence-electron chi connectivity index (χ0n) is 7.49. The van der Waals surface area contributed by atoms with Crippen LogP contribution in [0.5, 0.6) is 0 Å². The van der Waals surface area contributed by atoms with E-state index in [-0.39, 0.29) is 5.57 Å². The summed E-state index contributed by atoms with van der Waals surface area (Å²) < 4.78 is 0. The predicted molar refractivity (Wildman–Crippen MR) is 49.1 cm³/mol. The predicted octanol–water partition coefficient (Wildman–Crippen LogP) is -1.12. The number of hydrogen-bond donors (Lipinski definition) is 3. The maximum absolute atomic E-state index is 11.0. The molecule has 0 atom stereocenters. The highest BCUT2D eigenvalue weighted by Crippen LogP contribution is 1.89. The van der Waals surface area contributed by atoms with E-state index in [0.717, 1.165) is 12.2 Å². The van der Waals surface area contributed by atoms with Crippen molar-refractivity contribution in [3.8, 4) is 0 Å². The van der Waals surface area contributed by atoms with Gasteiger partial charge >= 0.3 is 0 Å². The second kappa shape index (κ2) is 6.80. The van der Waals surface area contributed by atoms with Gasteiger partial charge in [0.05, 0.1) is 13.2 Å². The summed E-state index contributed by atoms with van der Waals surface area (Å²) in [5.74, 6) is -1.36. The van der Waals surface area contributed by atoms with Crippen LogP contribution in [-0.4, -0.2) is 35.2 Å². The van der Waals surface area contributed by atoms with Crippen molar-refractivity contribution in [2.45, 2.75) is 0 Å². The van der Waals surface area contributed by atoms with Crippen LogP contribution in [0.25, 0.3) is 0 Å². The molecule has 0 heterocycles. The highest BCUT2D eigenvalue weighted by atomic mass is 16.3. The van der Waals surface area contributed by atoms with Gasteiger partial charge in [-0.15, -0.1) is 5.73 Å². The van der Waals surface area contributed by atoms with Crippen molar-refractivity contribution in [1.29, 1.82) is 0 Å². The molecule has 0 aromatic heterocycles. The lowest BCUT2D eigenvalue weighted by molar-refractivity contribution is -0.125. The van der Waals surface area contributed by atoms with Crippen molar-refractivity contribution in [1.82, 2.24) is 5.32 Å². The summed E-state index contributed by atoms with van der Waals surface area (Å²) in [5, 5.41) is 19.1. The van der Waals surface area contributed by atoms with Gasteiger partial charge in [-0.2, -0.15) is 0 Å². The van der Waals surface area contributed by atoms with E-state index in [2.05, 4.69) is 12.3 Å². The number of hydrogen-bond acceptors (Lipinski definition) is 4. The topological polar surface area (TPSA) is 86.6 Å². The quantitative estimate of drug-likeness (QED) is 0.393. The average molecular weight is 197 g/mol. The molecule has 14 heavy (non-hydrogen) atoms. The molecule has 5 heteroatoms. The monoisotopic (exact) mass is 197 g/mol. The van der Waals surface area contributed by atoms with Crippen LogP contribution in [0.3, 0.4) is 0 Å². The van der Waals surface area contributed by atoms with E-state index < -0.39 is 25.0 Å². The largest absolute Gasteiger partial charge is 0.392 e. The van der Waals surface area contributed by atoms with Crippen LogP contribution < -0.4 is 5.32 Å². The van der Waals surface area contributed by atoms with E-state index in [1.165, 1.54) is 0 Å². The van der Waals surface area contributed by atoms with E-state index in [4.69, 9.17) is 10.2 Å². The Morgan fingerprint density at radius 3 is 2.29 bits per heavy atom. The maximum atomic E-state index is 11.0. The molecule has 76 valence electrons. The number of amides is 2. The van der Waals surface area contributed by atoms with Gasteiger partial charge in [0.15, 0.2) is 0 Å². The Labute approximate surface area is 81.1 Å². The lowest BCUT2D eigenvalue weighted by atomic mass is 10.3. The number of aliphatic hydroxyl groups excluding tert-OH is 2. The number of carbonyl (C=O) groups excluding carboxylic acids is 2. The van der Waals surface area contributed by atoms with E-state index in [1.54, 1.807) is 0 Å². The molecule has 0 radical (unpaired) electrons. The molecule has 0 fully saturated rings. The molecule has 0 spiro atoms. The summed E-state index contributed by atoms with van der Waals surface area (Å²) in [6.07, 6.45) is 1.91. The first-order chi connectivity index (χ1) is 6.63. The highest BCUT2D eigenvalue weighted by molar-refractivity contribution is 6.05. The van der Waals surface area contributed by atoms with Gasteiger partial charge < -0.3 is 10.2 Å². The van der Waals surface area contributed by atoms with Crippen molar-refractivity contribution >= 4 is 11.8 Å². The maximum Gasteiger partial charge on any atom is 0.258 e. The van der Waals surface area contributed by atoms with Crippen molar-refractivity contribution in [2.24, 2.45) is 0 Å². The summed E-state index contributed by atoms with van der Waals surface area (Å²) in [5.41, 5.74) is 2.32. The summed E-state index contributed by atoms with van der Waals surface area (Å²) in [4.78, 5) is 21.7. The van der Waals surface area contributed by atoms with Gasteiger partial charge in [-0.05, 0) is 5.57 Å². The lowest BCUT2D eigenvalue weighted by Gasteiger charge is -1.98. The standard InChI is InChI=1S/C9H11NO4/c1-2-3-8(13)10-9(14)4-7(5-11)6-12/h3-4,11-12H,1,5-6H2,(H,10,13,14). The second-order valence-electron chi connectivity index (χ2n) is 2.32. The van der Waals surface area contributed by atoms with E-state index in [9.17, 15) is 9.59 Å². The Kier molecular flexibility index (Phi) is 5.98. The van der Waals surface area contributed by atoms with Crippen LogP contribution in [-0.2, 0) is 9.59 Å². The summed E-state index contributed by atoms with van der Waals surface area (Å²) in [6.45, 7) is 2.28. The van der Waals surface area contributed by atoms with Crippen LogP contribution >= 0.6 is 0 Å². The Hall–Kier alpha value is -1.68. The number of carbonyl (C=O) groups is 2. The molecular weight excluding hydrogens is 186 g/mol. The third-order valence-corrected chi connectivity index (χ3v) is 1.22. The molecule has 0 aromatic rings. The van der Waals surface area contributed by atoms with Crippen LogP contribution in [0.4, 0.5) is 0 Å². The van der Waals surface area contributed by atoms with Crippen molar-refractivity contribution in [3.63, 3.8) is 0 Å². The van der Waals surface area contributed by atoms with Crippen LogP contribution in [0.1, 0.15) is 0 Å². The zero-order valence-corrected chi connectivity index (χ0v) is 7.49. The van der Waals surface area contributed by atoms with Gasteiger partial charge in [0.2, 0.25) is 0 Å². The molecule has 0 unspecified atom stereocenters. The minimum Gasteiger partial charge on any atom is -0.392 e. The molecule has 0 aromatic carbocycles. The van der Waals surface area contributed by atoms with Gasteiger partial charge in [0.25, 0.3) is 11.8 Å². The molecule has 0 saturated carbocycles. The number of aliphatic hydroxyl groups is 2. The number of nitrogens with one attached hydrogen (secondary N) is 1. The molecule has 5 nitrogen and oxygen atoms in total. The Balaban J connectivity index is 4.28. The fourth-order valence-corrected chi connectivity index (χ4v) is 0.613. The average Bonchev–Trinajstić information content (AvgIpc) is 2.14. The smallest absolute Gasteiger partial charge is 0.258 e. The lowest BCUT2D eigenvalue weighted by Crippen LogP contribution is -2.27. The SMILES string of the molecule is C=C=CC(=O)NC(=O)C=C(CO)CO. The van der Waals surface area contributed by atoms with Gasteiger partial charge in [0, 0.05) is 12.2 Å². The van der Waals surface area contributed by atoms with Gasteiger partial charge in [-0.25, -0.2) is 0 Å². The highest BCUT2D eigenvalue weighted by Gasteiger charge is 2.02. The van der Waals surface area contributed by atoms with Crippen LogP contribution in [0, 0.1) is 0 Å². The van der Waals surface area contributed by atoms with Crippen LogP contribution in [0.15, 0.2) is 30.0 Å². The molecule has 0 aliphatic carbocycles.